The van der Waals surface area contributed by atoms with Gasteiger partial charge in [0.2, 0.25) is 0 Å². The predicted octanol–water partition coefficient (Wildman–Crippen LogP) is 3.60. The standard InChI is InChI=1S/C18H16ClN3O3/c1-2-24-17-6-4-3-5-14(17)11-21-25-12-18(23)22-15-8-7-13(10-20)16(19)9-15/h3-9,11H,2,12H2,1H3,(H,22,23)/b21-11+. The normalized spacial score (nSPS) is 10.3. The van der Waals surface area contributed by atoms with Gasteiger partial charge in [-0.05, 0) is 37.3 Å². The van der Waals surface area contributed by atoms with Gasteiger partial charge in [-0.25, -0.2) is 0 Å². The molecule has 128 valence electrons. The number of oxime groups is 1. The molecule has 0 fully saturated rings. The molecule has 1 amide bonds. The van der Waals surface area contributed by atoms with E-state index in [1.54, 1.807) is 6.07 Å². The van der Waals surface area contributed by atoms with E-state index in [4.69, 9.17) is 26.4 Å². The van der Waals surface area contributed by atoms with E-state index >= 15 is 0 Å². The number of amides is 1. The van der Waals surface area contributed by atoms with E-state index in [1.165, 1.54) is 18.3 Å². The van der Waals surface area contributed by atoms with Crippen molar-refractivity contribution >= 4 is 29.4 Å². The summed E-state index contributed by atoms with van der Waals surface area (Å²) in [7, 11) is 0. The van der Waals surface area contributed by atoms with Gasteiger partial charge in [0.25, 0.3) is 5.91 Å². The van der Waals surface area contributed by atoms with E-state index in [9.17, 15) is 4.79 Å². The number of hydrogen-bond acceptors (Lipinski definition) is 5. The van der Waals surface area contributed by atoms with Crippen LogP contribution in [-0.4, -0.2) is 25.3 Å². The molecular weight excluding hydrogens is 342 g/mol. The van der Waals surface area contributed by atoms with Crippen molar-refractivity contribution in [1.82, 2.24) is 0 Å². The summed E-state index contributed by atoms with van der Waals surface area (Å²) < 4.78 is 5.46. The van der Waals surface area contributed by atoms with Crippen molar-refractivity contribution in [2.24, 2.45) is 5.16 Å². The van der Waals surface area contributed by atoms with Crippen LogP contribution in [0.2, 0.25) is 5.02 Å². The minimum atomic E-state index is -0.393. The number of nitriles is 1. The maximum atomic E-state index is 11.8. The van der Waals surface area contributed by atoms with Gasteiger partial charge in [0, 0.05) is 11.3 Å². The van der Waals surface area contributed by atoms with E-state index in [0.29, 0.717) is 23.6 Å². The zero-order chi connectivity index (χ0) is 18.1. The Morgan fingerprint density at radius 2 is 2.16 bits per heavy atom. The van der Waals surface area contributed by atoms with Crippen LogP contribution in [0.4, 0.5) is 5.69 Å². The lowest BCUT2D eigenvalue weighted by Crippen LogP contribution is -2.17. The summed E-state index contributed by atoms with van der Waals surface area (Å²) in [5.74, 6) is 0.296. The Balaban J connectivity index is 1.86. The number of carbonyl (C=O) groups excluding carboxylic acids is 1. The van der Waals surface area contributed by atoms with Gasteiger partial charge < -0.3 is 14.9 Å². The summed E-state index contributed by atoms with van der Waals surface area (Å²) in [5.41, 5.74) is 1.57. The smallest absolute Gasteiger partial charge is 0.265 e. The number of nitrogens with zero attached hydrogens (tertiary/aromatic N) is 2. The Morgan fingerprint density at radius 1 is 1.36 bits per heavy atom. The van der Waals surface area contributed by atoms with E-state index < -0.39 is 5.91 Å². The third-order valence-electron chi connectivity index (χ3n) is 3.05. The van der Waals surface area contributed by atoms with E-state index in [-0.39, 0.29) is 11.6 Å². The van der Waals surface area contributed by atoms with Crippen molar-refractivity contribution in [3.8, 4) is 11.8 Å². The SMILES string of the molecule is CCOc1ccccc1/C=N/OCC(=O)Nc1ccc(C#N)c(Cl)c1. The predicted molar refractivity (Wildman–Crippen MR) is 96.0 cm³/mol. The van der Waals surface area contributed by atoms with Crippen molar-refractivity contribution in [1.29, 1.82) is 5.26 Å². The van der Waals surface area contributed by atoms with Crippen LogP contribution in [0, 0.1) is 11.3 Å². The average Bonchev–Trinajstić information content (AvgIpc) is 2.60. The molecule has 0 spiro atoms. The summed E-state index contributed by atoms with van der Waals surface area (Å²) in [4.78, 5) is 16.8. The van der Waals surface area contributed by atoms with Gasteiger partial charge in [-0.3, -0.25) is 4.79 Å². The van der Waals surface area contributed by atoms with Gasteiger partial charge in [0.1, 0.15) is 11.8 Å². The fraction of sp³-hybridized carbons (Fsp3) is 0.167. The topological polar surface area (TPSA) is 83.7 Å². The van der Waals surface area contributed by atoms with E-state index in [1.807, 2.05) is 37.3 Å². The number of anilines is 1. The molecule has 2 aromatic carbocycles. The van der Waals surface area contributed by atoms with Crippen molar-refractivity contribution in [3.63, 3.8) is 0 Å². The lowest BCUT2D eigenvalue weighted by Gasteiger charge is -2.06. The third kappa shape index (κ3) is 5.52. The molecule has 0 atom stereocenters. The second kappa shape index (κ2) is 9.30. The van der Waals surface area contributed by atoms with Crippen LogP contribution < -0.4 is 10.1 Å². The molecule has 0 bridgehead atoms. The van der Waals surface area contributed by atoms with Crippen molar-refractivity contribution in [2.45, 2.75) is 6.92 Å². The van der Waals surface area contributed by atoms with E-state index in [0.717, 1.165) is 5.56 Å². The molecule has 1 N–H and O–H groups in total. The Bertz CT molecular complexity index is 815. The summed E-state index contributed by atoms with van der Waals surface area (Å²) >= 11 is 5.91. The highest BCUT2D eigenvalue weighted by molar-refractivity contribution is 6.32. The van der Waals surface area contributed by atoms with Gasteiger partial charge in [-0.2, -0.15) is 5.26 Å². The van der Waals surface area contributed by atoms with Crippen LogP contribution in [0.1, 0.15) is 18.1 Å². The zero-order valence-corrected chi connectivity index (χ0v) is 14.3. The second-order valence-corrected chi connectivity index (χ2v) is 5.24. The third-order valence-corrected chi connectivity index (χ3v) is 3.37. The highest BCUT2D eigenvalue weighted by Crippen LogP contribution is 2.20. The van der Waals surface area contributed by atoms with Crippen LogP contribution in [0.25, 0.3) is 0 Å². The van der Waals surface area contributed by atoms with Crippen LogP contribution in [0.3, 0.4) is 0 Å². The molecule has 0 unspecified atom stereocenters. The maximum Gasteiger partial charge on any atom is 0.265 e. The number of hydrogen-bond donors (Lipinski definition) is 1. The first-order valence-corrected chi connectivity index (χ1v) is 7.88. The van der Waals surface area contributed by atoms with Gasteiger partial charge in [-0.15, -0.1) is 0 Å². The highest BCUT2D eigenvalue weighted by Gasteiger charge is 2.06. The van der Waals surface area contributed by atoms with Gasteiger partial charge in [0.15, 0.2) is 6.61 Å². The first-order valence-electron chi connectivity index (χ1n) is 7.50. The van der Waals surface area contributed by atoms with Crippen molar-refractivity contribution < 1.29 is 14.4 Å². The molecule has 2 aromatic rings. The number of nitrogens with one attached hydrogen (secondary N) is 1. The Kier molecular flexibility index (Phi) is 6.81. The molecule has 25 heavy (non-hydrogen) atoms. The first-order chi connectivity index (χ1) is 12.1. The van der Waals surface area contributed by atoms with Crippen molar-refractivity contribution in [2.75, 3.05) is 18.5 Å². The molecule has 6 nitrogen and oxygen atoms in total. The number of rotatable bonds is 7. The van der Waals surface area contributed by atoms with Crippen LogP contribution in [-0.2, 0) is 9.63 Å². The van der Waals surface area contributed by atoms with Gasteiger partial charge in [-0.1, -0.05) is 28.9 Å². The fourth-order valence-corrected chi connectivity index (χ4v) is 2.17. The fourth-order valence-electron chi connectivity index (χ4n) is 1.94. The Labute approximate surface area is 150 Å². The molecule has 2 rings (SSSR count). The van der Waals surface area contributed by atoms with Gasteiger partial charge >= 0.3 is 0 Å². The lowest BCUT2D eigenvalue weighted by atomic mass is 10.2. The number of carbonyl (C=O) groups is 1. The summed E-state index contributed by atoms with van der Waals surface area (Å²) in [6, 6.07) is 13.9. The Morgan fingerprint density at radius 3 is 2.88 bits per heavy atom. The number of benzene rings is 2. The summed E-state index contributed by atoms with van der Waals surface area (Å²) in [5, 5.41) is 15.5. The van der Waals surface area contributed by atoms with E-state index in [2.05, 4.69) is 10.5 Å². The largest absolute Gasteiger partial charge is 0.493 e. The highest BCUT2D eigenvalue weighted by atomic mass is 35.5. The average molecular weight is 358 g/mol. The number of halogens is 1. The van der Waals surface area contributed by atoms with Gasteiger partial charge in [0.05, 0.1) is 23.4 Å². The molecule has 0 radical (unpaired) electrons. The summed E-state index contributed by atoms with van der Waals surface area (Å²) in [6.45, 7) is 2.18. The molecule has 0 aromatic heterocycles. The minimum Gasteiger partial charge on any atom is -0.493 e. The number of para-hydroxylation sites is 1. The van der Waals surface area contributed by atoms with Crippen LogP contribution in [0.5, 0.6) is 5.75 Å². The second-order valence-electron chi connectivity index (χ2n) is 4.83. The minimum absolute atomic E-state index is 0.259. The molecule has 0 saturated carbocycles. The lowest BCUT2D eigenvalue weighted by molar-refractivity contribution is -0.120. The molecule has 0 heterocycles. The van der Waals surface area contributed by atoms with Crippen LogP contribution in [0.15, 0.2) is 47.6 Å². The first kappa shape index (κ1) is 18.3. The molecule has 0 saturated heterocycles. The molecule has 7 heteroatoms. The molecular formula is C18H16ClN3O3. The quantitative estimate of drug-likeness (QED) is 0.606. The molecule has 0 aliphatic rings. The van der Waals surface area contributed by atoms with Crippen molar-refractivity contribution in [3.05, 3.63) is 58.6 Å². The summed E-state index contributed by atoms with van der Waals surface area (Å²) in [6.07, 6.45) is 1.48. The monoisotopic (exact) mass is 357 g/mol. The molecule has 0 aliphatic carbocycles. The Hall–Kier alpha value is -3.04. The maximum absolute atomic E-state index is 11.8. The van der Waals surface area contributed by atoms with Crippen LogP contribution >= 0.6 is 11.6 Å². The zero-order valence-electron chi connectivity index (χ0n) is 13.5. The molecule has 0 aliphatic heterocycles. The number of ether oxygens (including phenoxy) is 1.